The molecule has 1 saturated carbocycles. The number of hydrogen-bond acceptors (Lipinski definition) is 4. The fraction of sp³-hybridized carbons (Fsp3) is 0.571. The number of rotatable bonds is 5. The molecule has 0 unspecified atom stereocenters. The van der Waals surface area contributed by atoms with E-state index in [-0.39, 0.29) is 16.7 Å². The highest BCUT2D eigenvalue weighted by atomic mass is 79.9. The second kappa shape index (κ2) is 7.04. The van der Waals surface area contributed by atoms with Crippen LogP contribution in [0.25, 0.3) is 0 Å². The van der Waals surface area contributed by atoms with Gasteiger partial charge in [0.25, 0.3) is 5.69 Å². The average molecular weight is 343 g/mol. The van der Waals surface area contributed by atoms with Gasteiger partial charge >= 0.3 is 0 Å². The lowest BCUT2D eigenvalue weighted by atomic mass is 9.92. The monoisotopic (exact) mass is 342 g/mol. The summed E-state index contributed by atoms with van der Waals surface area (Å²) in [6, 6.07) is 5.40. The molecule has 0 bridgehead atoms. The van der Waals surface area contributed by atoms with Gasteiger partial charge in [-0.2, -0.15) is 0 Å². The molecule has 0 saturated heterocycles. The third kappa shape index (κ3) is 3.93. The van der Waals surface area contributed by atoms with Crippen LogP contribution in [0.15, 0.2) is 22.7 Å². The van der Waals surface area contributed by atoms with E-state index in [9.17, 15) is 10.1 Å². The topological polar surface area (TPSA) is 64.4 Å². The fourth-order valence-corrected chi connectivity index (χ4v) is 2.96. The molecule has 1 aliphatic rings. The number of benzene rings is 1. The van der Waals surface area contributed by atoms with Crippen LogP contribution < -0.4 is 5.32 Å². The van der Waals surface area contributed by atoms with Gasteiger partial charge in [0.05, 0.1) is 11.0 Å². The lowest BCUT2D eigenvalue weighted by molar-refractivity contribution is -0.384. The molecule has 0 aliphatic heterocycles. The van der Waals surface area contributed by atoms with Crippen LogP contribution in [-0.2, 0) is 4.74 Å². The van der Waals surface area contributed by atoms with E-state index in [0.717, 1.165) is 36.8 Å². The van der Waals surface area contributed by atoms with E-state index in [1.807, 2.05) is 13.0 Å². The number of nitrogens with zero attached hydrogens (tertiary/aromatic N) is 1. The summed E-state index contributed by atoms with van der Waals surface area (Å²) < 4.78 is 6.33. The van der Waals surface area contributed by atoms with Gasteiger partial charge in [-0.1, -0.05) is 15.9 Å². The van der Waals surface area contributed by atoms with Gasteiger partial charge in [-0.3, -0.25) is 10.1 Å². The van der Waals surface area contributed by atoms with Crippen molar-refractivity contribution in [3.63, 3.8) is 0 Å². The fourth-order valence-electron chi connectivity index (χ4n) is 2.61. The molecule has 0 spiro atoms. The molecular formula is C14H19BrN2O3. The van der Waals surface area contributed by atoms with Crippen molar-refractivity contribution in [2.24, 2.45) is 0 Å². The third-order valence-electron chi connectivity index (χ3n) is 3.59. The summed E-state index contributed by atoms with van der Waals surface area (Å²) >= 11 is 3.27. The Morgan fingerprint density at radius 1 is 1.40 bits per heavy atom. The van der Waals surface area contributed by atoms with Crippen molar-refractivity contribution in [1.29, 1.82) is 0 Å². The number of nitrogens with one attached hydrogen (secondary N) is 1. The largest absolute Gasteiger partial charge is 0.379 e. The number of hydrogen-bond donors (Lipinski definition) is 1. The van der Waals surface area contributed by atoms with Crippen molar-refractivity contribution in [3.05, 3.63) is 32.8 Å². The van der Waals surface area contributed by atoms with Crippen LogP contribution >= 0.6 is 15.9 Å². The van der Waals surface area contributed by atoms with Gasteiger partial charge in [0.15, 0.2) is 0 Å². The minimum absolute atomic E-state index is 0.117. The molecule has 5 nitrogen and oxygen atoms in total. The highest BCUT2D eigenvalue weighted by molar-refractivity contribution is 9.10. The highest BCUT2D eigenvalue weighted by Crippen LogP contribution is 2.31. The van der Waals surface area contributed by atoms with Crippen molar-refractivity contribution < 1.29 is 9.66 Å². The summed E-state index contributed by atoms with van der Waals surface area (Å²) in [4.78, 5) is 10.7. The minimum Gasteiger partial charge on any atom is -0.379 e. The molecule has 0 aromatic heterocycles. The van der Waals surface area contributed by atoms with E-state index in [0.29, 0.717) is 11.8 Å². The Bertz CT molecular complexity index is 473. The zero-order valence-electron chi connectivity index (χ0n) is 11.5. The molecule has 0 radical (unpaired) electrons. The lowest BCUT2D eigenvalue weighted by Crippen LogP contribution is -2.30. The van der Waals surface area contributed by atoms with Crippen molar-refractivity contribution in [2.75, 3.05) is 11.9 Å². The molecule has 0 amide bonds. The van der Waals surface area contributed by atoms with Crippen molar-refractivity contribution in [1.82, 2.24) is 0 Å². The SMILES string of the molecule is CCO[C@H]1CC[C@H](Nc2ccc(Br)cc2[N+](=O)[O-])CC1. The summed E-state index contributed by atoms with van der Waals surface area (Å²) in [6.45, 7) is 2.76. The summed E-state index contributed by atoms with van der Waals surface area (Å²) in [7, 11) is 0. The molecule has 2 rings (SSSR count). The summed E-state index contributed by atoms with van der Waals surface area (Å²) in [5.74, 6) is 0. The molecule has 1 aromatic carbocycles. The second-order valence-corrected chi connectivity index (χ2v) is 5.91. The second-order valence-electron chi connectivity index (χ2n) is 4.99. The van der Waals surface area contributed by atoms with Crippen molar-refractivity contribution >= 4 is 27.3 Å². The van der Waals surface area contributed by atoms with Gasteiger partial charge in [0.1, 0.15) is 5.69 Å². The maximum absolute atomic E-state index is 11.1. The molecule has 1 fully saturated rings. The summed E-state index contributed by atoms with van der Waals surface area (Å²) in [5, 5.41) is 14.4. The minimum atomic E-state index is -0.348. The molecule has 110 valence electrons. The van der Waals surface area contributed by atoms with E-state index >= 15 is 0 Å². The Morgan fingerprint density at radius 3 is 2.70 bits per heavy atom. The van der Waals surface area contributed by atoms with E-state index < -0.39 is 0 Å². The van der Waals surface area contributed by atoms with Crippen LogP contribution in [-0.4, -0.2) is 23.7 Å². The molecule has 6 heteroatoms. The summed E-state index contributed by atoms with van der Waals surface area (Å²) in [6.07, 6.45) is 4.33. The number of anilines is 1. The Balaban J connectivity index is 1.99. The van der Waals surface area contributed by atoms with Crippen molar-refractivity contribution in [3.8, 4) is 0 Å². The molecular weight excluding hydrogens is 324 g/mol. The molecule has 1 aromatic rings. The van der Waals surface area contributed by atoms with Crippen LogP contribution in [0.4, 0.5) is 11.4 Å². The Kier molecular flexibility index (Phi) is 5.37. The number of nitro benzene ring substituents is 1. The van der Waals surface area contributed by atoms with Gasteiger partial charge < -0.3 is 10.1 Å². The third-order valence-corrected chi connectivity index (χ3v) is 4.09. The number of nitro groups is 1. The first-order valence-electron chi connectivity index (χ1n) is 6.92. The lowest BCUT2D eigenvalue weighted by Gasteiger charge is -2.29. The summed E-state index contributed by atoms with van der Waals surface area (Å²) in [5.41, 5.74) is 0.712. The van der Waals surface area contributed by atoms with Gasteiger partial charge in [0.2, 0.25) is 0 Å². The maximum Gasteiger partial charge on any atom is 0.293 e. The van der Waals surface area contributed by atoms with Crippen LogP contribution in [0.1, 0.15) is 32.6 Å². The first-order valence-corrected chi connectivity index (χ1v) is 7.71. The van der Waals surface area contributed by atoms with E-state index in [1.54, 1.807) is 6.07 Å². The highest BCUT2D eigenvalue weighted by Gasteiger charge is 2.23. The molecule has 1 aliphatic carbocycles. The van der Waals surface area contributed by atoms with Crippen LogP contribution in [0.2, 0.25) is 0 Å². The molecule has 0 atom stereocenters. The predicted octanol–water partition coefficient (Wildman–Crippen LogP) is 4.12. The molecule has 0 heterocycles. The molecule has 1 N–H and O–H groups in total. The zero-order valence-corrected chi connectivity index (χ0v) is 13.1. The first-order chi connectivity index (χ1) is 9.60. The first kappa shape index (κ1) is 15.3. The normalized spacial score (nSPS) is 22.5. The van der Waals surface area contributed by atoms with Gasteiger partial charge in [-0.05, 0) is 44.7 Å². The zero-order chi connectivity index (χ0) is 14.5. The quantitative estimate of drug-likeness (QED) is 0.645. The molecule has 20 heavy (non-hydrogen) atoms. The number of ether oxygens (including phenoxy) is 1. The standard InChI is InChI=1S/C14H19BrN2O3/c1-2-20-12-6-4-11(5-7-12)16-13-8-3-10(15)9-14(13)17(18)19/h3,8-9,11-12,16H,2,4-7H2,1H3/t11-,12-. The number of halogens is 1. The van der Waals surface area contributed by atoms with Gasteiger partial charge in [-0.15, -0.1) is 0 Å². The van der Waals surface area contributed by atoms with Gasteiger partial charge in [-0.25, -0.2) is 0 Å². The van der Waals surface area contributed by atoms with Crippen LogP contribution in [0.3, 0.4) is 0 Å². The van der Waals surface area contributed by atoms with E-state index in [1.165, 1.54) is 6.07 Å². The average Bonchev–Trinajstić information content (AvgIpc) is 2.43. The Hall–Kier alpha value is -1.14. The smallest absolute Gasteiger partial charge is 0.293 e. The Labute approximate surface area is 127 Å². The van der Waals surface area contributed by atoms with Crippen molar-refractivity contribution in [2.45, 2.75) is 44.8 Å². The van der Waals surface area contributed by atoms with E-state index in [4.69, 9.17) is 4.74 Å². The van der Waals surface area contributed by atoms with Crippen LogP contribution in [0, 0.1) is 10.1 Å². The Morgan fingerprint density at radius 2 is 2.10 bits per heavy atom. The van der Waals surface area contributed by atoms with Gasteiger partial charge in [0, 0.05) is 23.2 Å². The predicted molar refractivity (Wildman–Crippen MR) is 82.1 cm³/mol. The van der Waals surface area contributed by atoms with Crippen LogP contribution in [0.5, 0.6) is 0 Å². The van der Waals surface area contributed by atoms with E-state index in [2.05, 4.69) is 21.2 Å². The maximum atomic E-state index is 11.1.